The molecule has 4 nitrogen and oxygen atoms in total. The number of aryl methyl sites for hydroxylation is 2. The Bertz CT molecular complexity index is 829. The number of carbonyl (C=O) groups is 2. The second-order valence-electron chi connectivity index (χ2n) is 6.10. The van der Waals surface area contributed by atoms with Crippen molar-refractivity contribution in [3.05, 3.63) is 51.9 Å². The molecule has 1 amide bonds. The summed E-state index contributed by atoms with van der Waals surface area (Å²) in [5.74, 6) is -0.675. The molecule has 25 heavy (non-hydrogen) atoms. The van der Waals surface area contributed by atoms with E-state index in [1.54, 1.807) is 6.92 Å². The van der Waals surface area contributed by atoms with Crippen molar-refractivity contribution in [1.82, 2.24) is 0 Å². The second-order valence-corrected chi connectivity index (χ2v) is 6.98. The Morgan fingerprint density at radius 2 is 1.92 bits per heavy atom. The Hall–Kier alpha value is -2.40. The molecule has 0 bridgehead atoms. The van der Waals surface area contributed by atoms with Gasteiger partial charge in [-0.1, -0.05) is 29.3 Å². The van der Waals surface area contributed by atoms with Gasteiger partial charge in [-0.3, -0.25) is 4.79 Å². The van der Waals surface area contributed by atoms with E-state index in [-0.39, 0.29) is 12.5 Å². The summed E-state index contributed by atoms with van der Waals surface area (Å²) in [4.78, 5) is 24.6. The van der Waals surface area contributed by atoms with Gasteiger partial charge in [0.2, 0.25) is 5.91 Å². The lowest BCUT2D eigenvalue weighted by Gasteiger charge is -2.10. The second kappa shape index (κ2) is 8.12. The minimum Gasteiger partial charge on any atom is -0.462 e. The first-order valence-corrected chi connectivity index (χ1v) is 9.03. The molecule has 0 atom stereocenters. The van der Waals surface area contributed by atoms with E-state index in [2.05, 4.69) is 11.4 Å². The van der Waals surface area contributed by atoms with Crippen molar-refractivity contribution >= 4 is 28.2 Å². The predicted octanol–water partition coefficient (Wildman–Crippen LogP) is 5.11. The van der Waals surface area contributed by atoms with Crippen LogP contribution in [0.2, 0.25) is 0 Å². The number of ether oxygens (including phenoxy) is 1. The average molecular weight is 357 g/mol. The summed E-state index contributed by atoms with van der Waals surface area (Å²) in [6, 6.07) is 6.08. The quantitative estimate of drug-likeness (QED) is 0.597. The van der Waals surface area contributed by atoms with E-state index < -0.39 is 5.97 Å². The Labute approximate surface area is 152 Å². The molecule has 0 spiro atoms. The van der Waals surface area contributed by atoms with Crippen LogP contribution >= 0.6 is 11.3 Å². The fourth-order valence-corrected chi connectivity index (χ4v) is 3.53. The highest BCUT2D eigenvalue weighted by molar-refractivity contribution is 7.15. The molecule has 1 heterocycles. The Kier molecular flexibility index (Phi) is 6.15. The zero-order valence-electron chi connectivity index (χ0n) is 15.2. The molecule has 0 aliphatic carbocycles. The molecule has 0 aliphatic heterocycles. The topological polar surface area (TPSA) is 55.4 Å². The molecule has 0 saturated heterocycles. The third-order valence-electron chi connectivity index (χ3n) is 3.60. The van der Waals surface area contributed by atoms with E-state index in [4.69, 9.17) is 4.74 Å². The molecule has 2 aromatic rings. The number of amides is 1. The molecule has 1 N–H and O–H groups in total. The lowest BCUT2D eigenvalue weighted by Crippen LogP contribution is -2.13. The van der Waals surface area contributed by atoms with Crippen molar-refractivity contribution in [3.63, 3.8) is 0 Å². The summed E-state index contributed by atoms with van der Waals surface area (Å²) in [7, 11) is 0. The minimum absolute atomic E-state index is 0.250. The van der Waals surface area contributed by atoms with Crippen molar-refractivity contribution in [1.29, 1.82) is 0 Å². The Balaban J connectivity index is 2.52. The first-order valence-electron chi connectivity index (χ1n) is 8.15. The van der Waals surface area contributed by atoms with Gasteiger partial charge in [-0.25, -0.2) is 4.79 Å². The maximum atomic E-state index is 12.5. The minimum atomic E-state index is -0.425. The molecule has 0 fully saturated rings. The number of hydrogen-bond donors (Lipinski definition) is 1. The molecule has 0 radical (unpaired) electrons. The molecule has 132 valence electrons. The molecule has 1 aromatic heterocycles. The van der Waals surface area contributed by atoms with Gasteiger partial charge < -0.3 is 10.1 Å². The van der Waals surface area contributed by atoms with Crippen LogP contribution in [-0.4, -0.2) is 18.5 Å². The van der Waals surface area contributed by atoms with Crippen LogP contribution in [0.3, 0.4) is 0 Å². The van der Waals surface area contributed by atoms with Gasteiger partial charge in [0.25, 0.3) is 0 Å². The fraction of sp³-hybridized carbons (Fsp3) is 0.300. The van der Waals surface area contributed by atoms with Crippen molar-refractivity contribution in [3.8, 4) is 11.1 Å². The smallest absolute Gasteiger partial charge is 0.341 e. The molecular formula is C20H23NO3S. The number of benzene rings is 1. The van der Waals surface area contributed by atoms with Gasteiger partial charge in [0, 0.05) is 17.0 Å². The third-order valence-corrected chi connectivity index (χ3v) is 4.49. The number of anilines is 1. The molecule has 0 saturated carbocycles. The molecule has 0 aliphatic rings. The zero-order chi connectivity index (χ0) is 18.6. The van der Waals surface area contributed by atoms with Gasteiger partial charge >= 0.3 is 5.97 Å². The average Bonchev–Trinajstić information content (AvgIpc) is 2.89. The van der Waals surface area contributed by atoms with Gasteiger partial charge in [-0.2, -0.15) is 0 Å². The van der Waals surface area contributed by atoms with Gasteiger partial charge in [-0.05, 0) is 45.7 Å². The lowest BCUT2D eigenvalue weighted by molar-refractivity contribution is -0.111. The Morgan fingerprint density at radius 1 is 1.20 bits per heavy atom. The molecule has 0 unspecified atom stereocenters. The monoisotopic (exact) mass is 357 g/mol. The van der Waals surface area contributed by atoms with Gasteiger partial charge in [0.15, 0.2) is 0 Å². The highest BCUT2D eigenvalue weighted by atomic mass is 32.1. The van der Waals surface area contributed by atoms with E-state index >= 15 is 0 Å². The first-order chi connectivity index (χ1) is 11.8. The van der Waals surface area contributed by atoms with Gasteiger partial charge in [0.05, 0.1) is 6.61 Å². The Morgan fingerprint density at radius 3 is 2.52 bits per heavy atom. The maximum absolute atomic E-state index is 12.5. The van der Waals surface area contributed by atoms with Crippen LogP contribution in [0.25, 0.3) is 11.1 Å². The summed E-state index contributed by atoms with van der Waals surface area (Å²) in [5, 5.41) is 5.21. The van der Waals surface area contributed by atoms with Crippen LogP contribution in [0.5, 0.6) is 0 Å². The van der Waals surface area contributed by atoms with Crippen molar-refractivity contribution < 1.29 is 14.3 Å². The van der Waals surface area contributed by atoms with E-state index in [1.165, 1.54) is 17.4 Å². The third kappa shape index (κ3) is 4.57. The predicted molar refractivity (Wildman–Crippen MR) is 103 cm³/mol. The molecule has 2 rings (SSSR count). The SMILES string of the molecule is CCOC(=O)c1c(-c2ccc(C)cc2C)csc1NC(=O)C=C(C)C. The molecular weight excluding hydrogens is 334 g/mol. The number of carbonyl (C=O) groups excluding carboxylic acids is 2. The van der Waals surface area contributed by atoms with Crippen LogP contribution < -0.4 is 5.32 Å². The van der Waals surface area contributed by atoms with Crippen molar-refractivity contribution in [2.75, 3.05) is 11.9 Å². The summed E-state index contributed by atoms with van der Waals surface area (Å²) >= 11 is 1.33. The summed E-state index contributed by atoms with van der Waals surface area (Å²) < 4.78 is 5.22. The van der Waals surface area contributed by atoms with Crippen LogP contribution in [0.15, 0.2) is 35.2 Å². The largest absolute Gasteiger partial charge is 0.462 e. The number of nitrogens with one attached hydrogen (secondary N) is 1. The zero-order valence-corrected chi connectivity index (χ0v) is 16.0. The molecule has 5 heteroatoms. The fourth-order valence-electron chi connectivity index (χ4n) is 2.58. The number of hydrogen-bond acceptors (Lipinski definition) is 4. The summed E-state index contributed by atoms with van der Waals surface area (Å²) in [6.07, 6.45) is 1.51. The molecule has 1 aromatic carbocycles. The van der Waals surface area contributed by atoms with Crippen LogP contribution in [-0.2, 0) is 9.53 Å². The van der Waals surface area contributed by atoms with Crippen LogP contribution in [0.1, 0.15) is 42.3 Å². The highest BCUT2D eigenvalue weighted by Crippen LogP contribution is 2.37. The van der Waals surface area contributed by atoms with Crippen LogP contribution in [0.4, 0.5) is 5.00 Å². The number of esters is 1. The number of rotatable bonds is 5. The highest BCUT2D eigenvalue weighted by Gasteiger charge is 2.23. The van der Waals surface area contributed by atoms with Crippen molar-refractivity contribution in [2.24, 2.45) is 0 Å². The normalized spacial score (nSPS) is 10.3. The van der Waals surface area contributed by atoms with E-state index in [0.717, 1.165) is 27.8 Å². The number of allylic oxidation sites excluding steroid dienone is 1. The maximum Gasteiger partial charge on any atom is 0.341 e. The summed E-state index contributed by atoms with van der Waals surface area (Å²) in [5.41, 5.74) is 5.29. The van der Waals surface area contributed by atoms with E-state index in [9.17, 15) is 9.59 Å². The van der Waals surface area contributed by atoms with E-state index in [1.807, 2.05) is 45.2 Å². The van der Waals surface area contributed by atoms with Gasteiger partial charge in [0.1, 0.15) is 10.6 Å². The van der Waals surface area contributed by atoms with Gasteiger partial charge in [-0.15, -0.1) is 11.3 Å². The van der Waals surface area contributed by atoms with Crippen LogP contribution in [0, 0.1) is 13.8 Å². The van der Waals surface area contributed by atoms with E-state index in [0.29, 0.717) is 10.6 Å². The van der Waals surface area contributed by atoms with Crippen molar-refractivity contribution in [2.45, 2.75) is 34.6 Å². The lowest BCUT2D eigenvalue weighted by atomic mass is 9.97. The standard InChI is InChI=1S/C20H23NO3S/c1-6-24-20(23)18-16(15-8-7-13(4)10-14(15)5)11-25-19(18)21-17(22)9-12(2)3/h7-11H,6H2,1-5H3,(H,21,22). The summed E-state index contributed by atoms with van der Waals surface area (Å²) in [6.45, 7) is 9.78. The number of thiophene rings is 1. The first kappa shape index (κ1) is 18.9.